The highest BCUT2D eigenvalue weighted by molar-refractivity contribution is 7.89. The fourth-order valence-electron chi connectivity index (χ4n) is 4.42. The van der Waals surface area contributed by atoms with Gasteiger partial charge in [-0.2, -0.15) is 4.31 Å². The second-order valence-corrected chi connectivity index (χ2v) is 10.7. The summed E-state index contributed by atoms with van der Waals surface area (Å²) in [6, 6.07) is 26.5. The lowest BCUT2D eigenvalue weighted by molar-refractivity contribution is -0.116. The fraction of sp³-hybridized carbons (Fsp3) is 0.296. The highest BCUT2D eigenvalue weighted by Crippen LogP contribution is 2.29. The van der Waals surface area contributed by atoms with Crippen LogP contribution < -0.4 is 5.32 Å². The van der Waals surface area contributed by atoms with Crippen LogP contribution in [0.2, 0.25) is 0 Å². The Morgan fingerprint density at radius 1 is 0.939 bits per heavy atom. The van der Waals surface area contributed by atoms with Crippen LogP contribution in [0.4, 0.5) is 5.69 Å². The molecule has 3 aromatic carbocycles. The first-order valence-electron chi connectivity index (χ1n) is 11.4. The topological polar surface area (TPSA) is 66.5 Å². The number of benzene rings is 3. The van der Waals surface area contributed by atoms with Gasteiger partial charge in [-0.3, -0.25) is 4.79 Å². The van der Waals surface area contributed by atoms with Gasteiger partial charge in [0.1, 0.15) is 0 Å². The maximum atomic E-state index is 13.0. The van der Waals surface area contributed by atoms with Gasteiger partial charge in [0.2, 0.25) is 15.9 Å². The van der Waals surface area contributed by atoms with Gasteiger partial charge in [-0.05, 0) is 54.2 Å². The standard InChI is InChI=1S/C27H30N2O3S/c1-21-9-8-18-29(20-21)33(31,32)25-16-14-24(15-17-25)28-27(30)19-26(22-10-4-2-5-11-22)23-12-6-3-7-13-23/h2-7,10-17,21,26H,8-9,18-20H2,1H3,(H,28,30). The number of nitrogens with zero attached hydrogens (tertiary/aromatic N) is 1. The quantitative estimate of drug-likeness (QED) is 0.520. The van der Waals surface area contributed by atoms with Crippen LogP contribution in [-0.4, -0.2) is 31.7 Å². The number of nitrogens with one attached hydrogen (secondary N) is 1. The summed E-state index contributed by atoms with van der Waals surface area (Å²) in [5.41, 5.74) is 2.75. The van der Waals surface area contributed by atoms with Gasteiger partial charge in [0.15, 0.2) is 0 Å². The average Bonchev–Trinajstić information content (AvgIpc) is 2.84. The Bertz CT molecular complexity index is 1120. The van der Waals surface area contributed by atoms with Gasteiger partial charge < -0.3 is 5.32 Å². The molecule has 1 atom stereocenters. The minimum Gasteiger partial charge on any atom is -0.326 e. The predicted molar refractivity (Wildman–Crippen MR) is 132 cm³/mol. The SMILES string of the molecule is CC1CCCN(S(=O)(=O)c2ccc(NC(=O)CC(c3ccccc3)c3ccccc3)cc2)C1. The lowest BCUT2D eigenvalue weighted by atomic mass is 9.88. The zero-order chi connectivity index (χ0) is 23.3. The highest BCUT2D eigenvalue weighted by atomic mass is 32.2. The smallest absolute Gasteiger partial charge is 0.243 e. The van der Waals surface area contributed by atoms with Crippen LogP contribution >= 0.6 is 0 Å². The first kappa shape index (κ1) is 23.2. The lowest BCUT2D eigenvalue weighted by Crippen LogP contribution is -2.39. The van der Waals surface area contributed by atoms with Crippen LogP contribution in [0, 0.1) is 5.92 Å². The van der Waals surface area contributed by atoms with E-state index in [-0.39, 0.29) is 16.7 Å². The zero-order valence-electron chi connectivity index (χ0n) is 18.9. The van der Waals surface area contributed by atoms with E-state index in [1.807, 2.05) is 60.7 Å². The number of anilines is 1. The Labute approximate surface area is 196 Å². The number of amides is 1. The summed E-state index contributed by atoms with van der Waals surface area (Å²) in [5, 5.41) is 2.93. The lowest BCUT2D eigenvalue weighted by Gasteiger charge is -2.30. The molecule has 0 radical (unpaired) electrons. The molecule has 6 heteroatoms. The van der Waals surface area contributed by atoms with Crippen molar-refractivity contribution in [1.29, 1.82) is 0 Å². The van der Waals surface area contributed by atoms with Crippen molar-refractivity contribution in [2.24, 2.45) is 5.92 Å². The molecule has 0 aliphatic carbocycles. The van der Waals surface area contributed by atoms with E-state index in [0.717, 1.165) is 24.0 Å². The van der Waals surface area contributed by atoms with E-state index in [1.165, 1.54) is 0 Å². The van der Waals surface area contributed by atoms with Crippen molar-refractivity contribution in [2.75, 3.05) is 18.4 Å². The van der Waals surface area contributed by atoms with Crippen LogP contribution in [0.5, 0.6) is 0 Å². The van der Waals surface area contributed by atoms with Crippen LogP contribution in [-0.2, 0) is 14.8 Å². The molecule has 0 saturated carbocycles. The minimum atomic E-state index is -3.51. The molecule has 33 heavy (non-hydrogen) atoms. The maximum Gasteiger partial charge on any atom is 0.243 e. The van der Waals surface area contributed by atoms with Crippen LogP contribution in [0.15, 0.2) is 89.8 Å². The van der Waals surface area contributed by atoms with Gasteiger partial charge in [0.05, 0.1) is 4.90 Å². The first-order chi connectivity index (χ1) is 15.9. The summed E-state index contributed by atoms with van der Waals surface area (Å²) in [7, 11) is -3.51. The van der Waals surface area contributed by atoms with E-state index in [1.54, 1.807) is 28.6 Å². The van der Waals surface area contributed by atoms with Gasteiger partial charge in [-0.1, -0.05) is 67.6 Å². The monoisotopic (exact) mass is 462 g/mol. The van der Waals surface area contributed by atoms with Crippen LogP contribution in [0.3, 0.4) is 0 Å². The van der Waals surface area contributed by atoms with Gasteiger partial charge in [-0.15, -0.1) is 0 Å². The van der Waals surface area contributed by atoms with Gasteiger partial charge in [-0.25, -0.2) is 8.42 Å². The molecule has 4 rings (SSSR count). The van der Waals surface area contributed by atoms with E-state index in [4.69, 9.17) is 0 Å². The molecule has 1 N–H and O–H groups in total. The average molecular weight is 463 g/mol. The third kappa shape index (κ3) is 5.70. The van der Waals surface area contributed by atoms with Crippen LogP contribution in [0.25, 0.3) is 0 Å². The van der Waals surface area contributed by atoms with Crippen molar-refractivity contribution in [1.82, 2.24) is 4.31 Å². The normalized spacial score (nSPS) is 17.1. The number of hydrogen-bond acceptors (Lipinski definition) is 3. The first-order valence-corrected chi connectivity index (χ1v) is 12.9. The van der Waals surface area contributed by atoms with E-state index in [9.17, 15) is 13.2 Å². The van der Waals surface area contributed by atoms with Gasteiger partial charge in [0, 0.05) is 31.1 Å². The molecule has 5 nitrogen and oxygen atoms in total. The predicted octanol–water partition coefficient (Wildman–Crippen LogP) is 5.27. The Hall–Kier alpha value is -2.96. The molecular formula is C27H30N2O3S. The van der Waals surface area contributed by atoms with Crippen molar-refractivity contribution in [3.8, 4) is 0 Å². The number of rotatable bonds is 7. The Kier molecular flexibility index (Phi) is 7.26. The molecule has 1 aliphatic rings. The summed E-state index contributed by atoms with van der Waals surface area (Å²) in [5.74, 6) is 0.190. The summed E-state index contributed by atoms with van der Waals surface area (Å²) < 4.78 is 27.5. The summed E-state index contributed by atoms with van der Waals surface area (Å²) in [6.07, 6.45) is 2.24. The van der Waals surface area contributed by atoms with Crippen molar-refractivity contribution in [3.63, 3.8) is 0 Å². The third-order valence-electron chi connectivity index (χ3n) is 6.19. The Balaban J connectivity index is 1.46. The summed E-state index contributed by atoms with van der Waals surface area (Å²) in [4.78, 5) is 13.2. The molecule has 1 heterocycles. The molecule has 1 aliphatic heterocycles. The molecule has 3 aromatic rings. The number of carbonyl (C=O) groups excluding carboxylic acids is 1. The molecule has 1 fully saturated rings. The molecular weight excluding hydrogens is 432 g/mol. The fourth-order valence-corrected chi connectivity index (χ4v) is 6.02. The third-order valence-corrected chi connectivity index (χ3v) is 8.07. The molecule has 1 amide bonds. The summed E-state index contributed by atoms with van der Waals surface area (Å²) >= 11 is 0. The summed E-state index contributed by atoms with van der Waals surface area (Å²) in [6.45, 7) is 3.20. The van der Waals surface area contributed by atoms with E-state index < -0.39 is 10.0 Å². The van der Waals surface area contributed by atoms with E-state index in [0.29, 0.717) is 31.1 Å². The molecule has 1 unspecified atom stereocenters. The van der Waals surface area contributed by atoms with E-state index >= 15 is 0 Å². The van der Waals surface area contributed by atoms with Crippen molar-refractivity contribution in [3.05, 3.63) is 96.1 Å². The second kappa shape index (κ2) is 10.3. The largest absolute Gasteiger partial charge is 0.326 e. The molecule has 1 saturated heterocycles. The number of sulfonamides is 1. The highest BCUT2D eigenvalue weighted by Gasteiger charge is 2.28. The van der Waals surface area contributed by atoms with Crippen molar-refractivity contribution >= 4 is 21.6 Å². The minimum absolute atomic E-state index is 0.0619. The number of carbonyl (C=O) groups is 1. The second-order valence-electron chi connectivity index (χ2n) is 8.76. The molecule has 0 aromatic heterocycles. The van der Waals surface area contributed by atoms with E-state index in [2.05, 4.69) is 12.2 Å². The Morgan fingerprint density at radius 2 is 1.52 bits per heavy atom. The Morgan fingerprint density at radius 3 is 2.06 bits per heavy atom. The maximum absolute atomic E-state index is 13.0. The molecule has 172 valence electrons. The number of hydrogen-bond donors (Lipinski definition) is 1. The van der Waals surface area contributed by atoms with Crippen molar-refractivity contribution < 1.29 is 13.2 Å². The van der Waals surface area contributed by atoms with Gasteiger partial charge >= 0.3 is 0 Å². The van der Waals surface area contributed by atoms with Crippen LogP contribution in [0.1, 0.15) is 43.2 Å². The zero-order valence-corrected chi connectivity index (χ0v) is 19.7. The molecule has 0 spiro atoms. The molecule has 0 bridgehead atoms. The van der Waals surface area contributed by atoms with Crippen molar-refractivity contribution in [2.45, 2.75) is 37.0 Å². The number of piperidine rings is 1. The van der Waals surface area contributed by atoms with Gasteiger partial charge in [0.25, 0.3) is 0 Å².